The molecule has 0 aromatic carbocycles. The van der Waals surface area contributed by atoms with Gasteiger partial charge in [0.2, 0.25) is 0 Å². The highest BCUT2D eigenvalue weighted by molar-refractivity contribution is 5.00. The highest BCUT2D eigenvalue weighted by atomic mass is 16.3. The number of aliphatic hydroxyl groups is 1. The van der Waals surface area contributed by atoms with Gasteiger partial charge in [0.1, 0.15) is 0 Å². The maximum atomic E-state index is 9.05. The molecule has 0 bridgehead atoms. The second-order valence-corrected chi connectivity index (χ2v) is 5.12. The summed E-state index contributed by atoms with van der Waals surface area (Å²) >= 11 is 0. The SMILES string of the molecule is CCC(C)(CCO)NCc1ccn(C(C)C)n1. The van der Waals surface area contributed by atoms with Crippen molar-refractivity contribution in [2.24, 2.45) is 0 Å². The summed E-state index contributed by atoms with van der Waals surface area (Å²) in [5, 5.41) is 17.0. The highest BCUT2D eigenvalue weighted by Gasteiger charge is 2.20. The number of rotatable bonds is 7. The molecular formula is C13H25N3O. The first-order chi connectivity index (χ1) is 8.00. The van der Waals surface area contributed by atoms with Crippen molar-refractivity contribution in [2.45, 2.75) is 58.7 Å². The molecule has 2 N–H and O–H groups in total. The van der Waals surface area contributed by atoms with Gasteiger partial charge in [0.25, 0.3) is 0 Å². The third kappa shape index (κ3) is 4.13. The molecule has 1 aromatic rings. The zero-order valence-corrected chi connectivity index (χ0v) is 11.4. The number of nitrogens with one attached hydrogen (secondary N) is 1. The summed E-state index contributed by atoms with van der Waals surface area (Å²) in [6.45, 7) is 9.48. The maximum Gasteiger partial charge on any atom is 0.0762 e. The van der Waals surface area contributed by atoms with Gasteiger partial charge >= 0.3 is 0 Å². The quantitative estimate of drug-likeness (QED) is 0.766. The average Bonchev–Trinajstić information content (AvgIpc) is 2.76. The van der Waals surface area contributed by atoms with Crippen molar-refractivity contribution in [2.75, 3.05) is 6.61 Å². The summed E-state index contributed by atoms with van der Waals surface area (Å²) in [5.74, 6) is 0. The van der Waals surface area contributed by atoms with Crippen LogP contribution in [0.2, 0.25) is 0 Å². The van der Waals surface area contributed by atoms with Gasteiger partial charge < -0.3 is 10.4 Å². The molecule has 0 amide bonds. The van der Waals surface area contributed by atoms with E-state index in [2.05, 4.69) is 38.1 Å². The Morgan fingerprint density at radius 1 is 1.53 bits per heavy atom. The minimum atomic E-state index is -0.00361. The number of nitrogens with zero attached hydrogens (tertiary/aromatic N) is 2. The predicted octanol–water partition coefficient (Wildman–Crippen LogP) is 2.10. The standard InChI is InChI=1S/C13H25N3O/c1-5-13(4,7-9-17)14-10-12-6-8-16(15-12)11(2)3/h6,8,11,14,17H,5,7,9-10H2,1-4H3. The molecule has 1 aromatic heterocycles. The van der Waals surface area contributed by atoms with Gasteiger partial charge in [-0.25, -0.2) is 0 Å². The second kappa shape index (κ2) is 6.17. The summed E-state index contributed by atoms with van der Waals surface area (Å²) in [7, 11) is 0. The molecule has 98 valence electrons. The molecule has 1 heterocycles. The molecule has 1 rings (SSSR count). The van der Waals surface area contributed by atoms with Crippen LogP contribution in [0, 0.1) is 0 Å². The number of aromatic nitrogens is 2. The van der Waals surface area contributed by atoms with Crippen LogP contribution in [0.3, 0.4) is 0 Å². The lowest BCUT2D eigenvalue weighted by Crippen LogP contribution is -2.42. The molecule has 0 aliphatic carbocycles. The van der Waals surface area contributed by atoms with Crippen molar-refractivity contribution in [3.05, 3.63) is 18.0 Å². The fourth-order valence-corrected chi connectivity index (χ4v) is 1.70. The minimum Gasteiger partial charge on any atom is -0.396 e. The van der Waals surface area contributed by atoms with E-state index < -0.39 is 0 Å². The van der Waals surface area contributed by atoms with Crippen molar-refractivity contribution < 1.29 is 5.11 Å². The largest absolute Gasteiger partial charge is 0.396 e. The van der Waals surface area contributed by atoms with Crippen molar-refractivity contribution >= 4 is 0 Å². The molecular weight excluding hydrogens is 214 g/mol. The lowest BCUT2D eigenvalue weighted by atomic mass is 9.95. The minimum absolute atomic E-state index is 0.00361. The molecule has 0 fully saturated rings. The molecule has 17 heavy (non-hydrogen) atoms. The van der Waals surface area contributed by atoms with Gasteiger partial charge in [0, 0.05) is 30.9 Å². The van der Waals surface area contributed by atoms with E-state index in [1.807, 2.05) is 16.9 Å². The number of hydrogen-bond donors (Lipinski definition) is 2. The maximum absolute atomic E-state index is 9.05. The molecule has 0 radical (unpaired) electrons. The van der Waals surface area contributed by atoms with E-state index in [1.165, 1.54) is 0 Å². The van der Waals surface area contributed by atoms with Crippen LogP contribution in [0.5, 0.6) is 0 Å². The summed E-state index contributed by atoms with van der Waals surface area (Å²) in [6.07, 6.45) is 3.78. The van der Waals surface area contributed by atoms with Gasteiger partial charge in [-0.3, -0.25) is 4.68 Å². The van der Waals surface area contributed by atoms with Gasteiger partial charge in [0.15, 0.2) is 0 Å². The monoisotopic (exact) mass is 239 g/mol. The molecule has 0 aliphatic heterocycles. The first kappa shape index (κ1) is 14.2. The number of hydrogen-bond acceptors (Lipinski definition) is 3. The van der Waals surface area contributed by atoms with E-state index in [-0.39, 0.29) is 12.1 Å². The van der Waals surface area contributed by atoms with E-state index in [9.17, 15) is 0 Å². The Kier molecular flexibility index (Phi) is 5.15. The Balaban J connectivity index is 2.53. The van der Waals surface area contributed by atoms with E-state index >= 15 is 0 Å². The molecule has 1 atom stereocenters. The smallest absolute Gasteiger partial charge is 0.0762 e. The summed E-state index contributed by atoms with van der Waals surface area (Å²) in [6, 6.07) is 2.45. The second-order valence-electron chi connectivity index (χ2n) is 5.12. The van der Waals surface area contributed by atoms with Crippen molar-refractivity contribution in [3.8, 4) is 0 Å². The lowest BCUT2D eigenvalue weighted by molar-refractivity contribution is 0.214. The van der Waals surface area contributed by atoms with Gasteiger partial charge in [-0.05, 0) is 39.7 Å². The Hall–Kier alpha value is -0.870. The van der Waals surface area contributed by atoms with Gasteiger partial charge in [-0.2, -0.15) is 5.10 Å². The van der Waals surface area contributed by atoms with Crippen LogP contribution < -0.4 is 5.32 Å². The van der Waals surface area contributed by atoms with E-state index in [0.29, 0.717) is 6.04 Å². The Bertz CT molecular complexity index is 335. The zero-order valence-electron chi connectivity index (χ0n) is 11.4. The molecule has 4 heteroatoms. The van der Waals surface area contributed by atoms with Crippen LogP contribution in [-0.2, 0) is 6.54 Å². The van der Waals surface area contributed by atoms with Crippen LogP contribution in [-0.4, -0.2) is 27.0 Å². The molecule has 0 saturated heterocycles. The van der Waals surface area contributed by atoms with Crippen LogP contribution in [0.15, 0.2) is 12.3 Å². The zero-order chi connectivity index (χ0) is 12.9. The Morgan fingerprint density at radius 2 is 2.24 bits per heavy atom. The van der Waals surface area contributed by atoms with Crippen molar-refractivity contribution in [3.63, 3.8) is 0 Å². The van der Waals surface area contributed by atoms with Crippen LogP contribution in [0.4, 0.5) is 0 Å². The van der Waals surface area contributed by atoms with Gasteiger partial charge in [-0.1, -0.05) is 6.92 Å². The topological polar surface area (TPSA) is 50.1 Å². The Morgan fingerprint density at radius 3 is 2.71 bits per heavy atom. The summed E-state index contributed by atoms with van der Waals surface area (Å²) in [5.41, 5.74) is 1.05. The van der Waals surface area contributed by atoms with Gasteiger partial charge in [0.05, 0.1) is 5.69 Å². The Labute approximate surface area is 104 Å². The first-order valence-electron chi connectivity index (χ1n) is 6.40. The lowest BCUT2D eigenvalue weighted by Gasteiger charge is -2.28. The summed E-state index contributed by atoms with van der Waals surface area (Å²) < 4.78 is 1.96. The van der Waals surface area contributed by atoms with E-state index in [1.54, 1.807) is 0 Å². The molecule has 1 unspecified atom stereocenters. The highest BCUT2D eigenvalue weighted by Crippen LogP contribution is 2.14. The third-order valence-electron chi connectivity index (χ3n) is 3.33. The van der Waals surface area contributed by atoms with E-state index in [0.717, 1.165) is 25.1 Å². The molecule has 0 aliphatic rings. The molecule has 0 spiro atoms. The molecule has 4 nitrogen and oxygen atoms in total. The summed E-state index contributed by atoms with van der Waals surface area (Å²) in [4.78, 5) is 0. The fourth-order valence-electron chi connectivity index (χ4n) is 1.70. The van der Waals surface area contributed by atoms with E-state index in [4.69, 9.17) is 5.11 Å². The van der Waals surface area contributed by atoms with Crippen molar-refractivity contribution in [1.82, 2.24) is 15.1 Å². The van der Waals surface area contributed by atoms with Crippen LogP contribution in [0.25, 0.3) is 0 Å². The first-order valence-corrected chi connectivity index (χ1v) is 6.40. The van der Waals surface area contributed by atoms with Gasteiger partial charge in [-0.15, -0.1) is 0 Å². The average molecular weight is 239 g/mol. The van der Waals surface area contributed by atoms with Crippen LogP contribution in [0.1, 0.15) is 52.3 Å². The molecule has 0 saturated carbocycles. The number of aliphatic hydroxyl groups excluding tert-OH is 1. The fraction of sp³-hybridized carbons (Fsp3) is 0.769. The van der Waals surface area contributed by atoms with Crippen molar-refractivity contribution in [1.29, 1.82) is 0 Å². The normalized spacial score (nSPS) is 15.2. The predicted molar refractivity (Wildman–Crippen MR) is 69.9 cm³/mol. The van der Waals surface area contributed by atoms with Crippen LogP contribution >= 0.6 is 0 Å². The third-order valence-corrected chi connectivity index (χ3v) is 3.33.